The van der Waals surface area contributed by atoms with Crippen LogP contribution in [-0.4, -0.2) is 28.4 Å². The number of carbonyl (C=O) groups is 2. The van der Waals surface area contributed by atoms with Crippen LogP contribution in [-0.2, 0) is 16.0 Å². The Balaban J connectivity index is 1.67. The van der Waals surface area contributed by atoms with Gasteiger partial charge in [-0.15, -0.1) is 0 Å². The van der Waals surface area contributed by atoms with E-state index >= 15 is 0 Å². The second-order valence-corrected chi connectivity index (χ2v) is 7.34. The fourth-order valence-corrected chi connectivity index (χ4v) is 4.46. The Bertz CT molecular complexity index is 817. The zero-order valence-electron chi connectivity index (χ0n) is 14.7. The summed E-state index contributed by atoms with van der Waals surface area (Å²) in [4.78, 5) is 26.5. The molecule has 1 aliphatic carbocycles. The van der Waals surface area contributed by atoms with Crippen molar-refractivity contribution < 1.29 is 14.7 Å². The first-order valence-electron chi connectivity index (χ1n) is 9.31. The molecule has 134 valence electrons. The monoisotopic (exact) mass is 349 g/mol. The largest absolute Gasteiger partial charge is 0.481 e. The molecule has 0 bridgehead atoms. The van der Waals surface area contributed by atoms with Gasteiger partial charge in [-0.2, -0.15) is 0 Å². The predicted molar refractivity (Wildman–Crippen MR) is 98.6 cm³/mol. The van der Waals surface area contributed by atoms with Crippen LogP contribution in [0.25, 0.3) is 0 Å². The highest BCUT2D eigenvalue weighted by Crippen LogP contribution is 2.39. The van der Waals surface area contributed by atoms with Gasteiger partial charge in [0, 0.05) is 12.5 Å². The van der Waals surface area contributed by atoms with E-state index in [2.05, 4.69) is 24.3 Å². The third kappa shape index (κ3) is 3.00. The van der Waals surface area contributed by atoms with Gasteiger partial charge in [-0.25, -0.2) is 0 Å². The van der Waals surface area contributed by atoms with Crippen molar-refractivity contribution in [3.05, 3.63) is 71.3 Å². The molecule has 2 aromatic carbocycles. The number of hydrogen-bond donors (Lipinski definition) is 1. The first kappa shape index (κ1) is 16.8. The molecule has 1 fully saturated rings. The molecule has 4 rings (SSSR count). The van der Waals surface area contributed by atoms with E-state index in [0.29, 0.717) is 25.8 Å². The topological polar surface area (TPSA) is 57.6 Å². The van der Waals surface area contributed by atoms with E-state index in [1.807, 2.05) is 35.2 Å². The summed E-state index contributed by atoms with van der Waals surface area (Å²) in [5, 5.41) is 9.26. The van der Waals surface area contributed by atoms with Crippen LogP contribution in [0.5, 0.6) is 0 Å². The van der Waals surface area contributed by atoms with Gasteiger partial charge in [0.25, 0.3) is 0 Å². The lowest BCUT2D eigenvalue weighted by Crippen LogP contribution is -2.43. The molecule has 4 heteroatoms. The molecule has 3 atom stereocenters. The Morgan fingerprint density at radius 1 is 0.923 bits per heavy atom. The molecule has 4 nitrogen and oxygen atoms in total. The summed E-state index contributed by atoms with van der Waals surface area (Å²) in [5.74, 6) is -1.22. The Morgan fingerprint density at radius 2 is 1.62 bits per heavy atom. The lowest BCUT2D eigenvalue weighted by Gasteiger charge is -2.39. The van der Waals surface area contributed by atoms with Gasteiger partial charge in [0.05, 0.1) is 12.0 Å². The third-order valence-corrected chi connectivity index (χ3v) is 5.81. The molecule has 1 amide bonds. The van der Waals surface area contributed by atoms with Crippen LogP contribution in [0.15, 0.2) is 54.6 Å². The van der Waals surface area contributed by atoms with E-state index in [1.165, 1.54) is 11.1 Å². The first-order valence-corrected chi connectivity index (χ1v) is 9.31. The zero-order valence-corrected chi connectivity index (χ0v) is 14.7. The number of aliphatic carboxylic acids is 1. The number of hydrogen-bond acceptors (Lipinski definition) is 2. The standard InChI is InChI=1S/C22H23NO3/c24-21(17-10-11-18(14-17)22(25)26)23-13-12-15-6-4-5-9-19(15)20(23)16-7-2-1-3-8-16/h1-9,17-18,20H,10-14H2,(H,25,26)/t17-,18+,20+/m0/s1. The van der Waals surface area contributed by atoms with E-state index in [-0.39, 0.29) is 23.8 Å². The van der Waals surface area contributed by atoms with Crippen molar-refractivity contribution in [2.75, 3.05) is 6.54 Å². The van der Waals surface area contributed by atoms with Gasteiger partial charge in [0.1, 0.15) is 0 Å². The van der Waals surface area contributed by atoms with Gasteiger partial charge in [-0.3, -0.25) is 9.59 Å². The highest BCUT2D eigenvalue weighted by molar-refractivity contribution is 5.82. The van der Waals surface area contributed by atoms with E-state index in [9.17, 15) is 14.7 Å². The molecule has 0 saturated heterocycles. The van der Waals surface area contributed by atoms with E-state index in [1.54, 1.807) is 0 Å². The number of benzene rings is 2. The van der Waals surface area contributed by atoms with Crippen LogP contribution in [0.1, 0.15) is 42.0 Å². The van der Waals surface area contributed by atoms with Crippen molar-refractivity contribution in [2.45, 2.75) is 31.7 Å². The summed E-state index contributed by atoms with van der Waals surface area (Å²) < 4.78 is 0. The summed E-state index contributed by atoms with van der Waals surface area (Å²) in [7, 11) is 0. The maximum Gasteiger partial charge on any atom is 0.306 e. The van der Waals surface area contributed by atoms with Crippen molar-refractivity contribution in [2.24, 2.45) is 11.8 Å². The summed E-state index contributed by atoms with van der Waals surface area (Å²) >= 11 is 0. The zero-order chi connectivity index (χ0) is 18.1. The van der Waals surface area contributed by atoms with Crippen LogP contribution in [0.3, 0.4) is 0 Å². The van der Waals surface area contributed by atoms with Crippen molar-refractivity contribution in [3.63, 3.8) is 0 Å². The third-order valence-electron chi connectivity index (χ3n) is 5.81. The maximum absolute atomic E-state index is 13.3. The Morgan fingerprint density at radius 3 is 2.35 bits per heavy atom. The SMILES string of the molecule is O=C(O)[C@@H]1CC[C@H](C(=O)N2CCc3ccccc3[C@H]2c2ccccc2)C1. The number of amides is 1. The lowest BCUT2D eigenvalue weighted by atomic mass is 9.87. The molecule has 0 aromatic heterocycles. The highest BCUT2D eigenvalue weighted by atomic mass is 16.4. The number of fused-ring (bicyclic) bond motifs is 1. The average Bonchev–Trinajstić information content (AvgIpc) is 3.18. The van der Waals surface area contributed by atoms with Crippen LogP contribution in [0.2, 0.25) is 0 Å². The molecule has 1 aliphatic heterocycles. The molecule has 26 heavy (non-hydrogen) atoms. The number of carboxylic acid groups (broad SMARTS) is 1. The number of carboxylic acids is 1. The van der Waals surface area contributed by atoms with Gasteiger partial charge in [0.2, 0.25) is 5.91 Å². The van der Waals surface area contributed by atoms with Gasteiger partial charge in [-0.05, 0) is 42.4 Å². The number of carbonyl (C=O) groups excluding carboxylic acids is 1. The molecule has 0 radical (unpaired) electrons. The summed E-state index contributed by atoms with van der Waals surface area (Å²) in [6, 6.07) is 18.4. The molecule has 1 saturated carbocycles. The molecule has 1 heterocycles. The second kappa shape index (κ2) is 6.94. The fourth-order valence-electron chi connectivity index (χ4n) is 4.46. The molecule has 2 aliphatic rings. The summed E-state index contributed by atoms with van der Waals surface area (Å²) in [6.45, 7) is 0.684. The lowest BCUT2D eigenvalue weighted by molar-refractivity contribution is -0.142. The minimum atomic E-state index is -0.774. The van der Waals surface area contributed by atoms with Crippen LogP contribution in [0, 0.1) is 11.8 Å². The van der Waals surface area contributed by atoms with Crippen molar-refractivity contribution in [1.82, 2.24) is 4.90 Å². The average molecular weight is 349 g/mol. The predicted octanol–water partition coefficient (Wildman–Crippen LogP) is 3.66. The van der Waals surface area contributed by atoms with Crippen molar-refractivity contribution >= 4 is 11.9 Å². The van der Waals surface area contributed by atoms with Crippen LogP contribution < -0.4 is 0 Å². The van der Waals surface area contributed by atoms with Crippen LogP contribution in [0.4, 0.5) is 0 Å². The molecule has 2 aromatic rings. The quantitative estimate of drug-likeness (QED) is 0.920. The Hall–Kier alpha value is -2.62. The minimum Gasteiger partial charge on any atom is -0.481 e. The molecule has 1 N–H and O–H groups in total. The van der Waals surface area contributed by atoms with Gasteiger partial charge < -0.3 is 10.0 Å². The molecular formula is C22H23NO3. The molecule has 0 spiro atoms. The Labute approximate surface area is 153 Å². The normalized spacial score (nSPS) is 24.9. The summed E-state index contributed by atoms with van der Waals surface area (Å²) in [6.07, 6.45) is 2.59. The number of nitrogens with zero attached hydrogens (tertiary/aromatic N) is 1. The Kier molecular flexibility index (Phi) is 4.49. The summed E-state index contributed by atoms with van der Waals surface area (Å²) in [5.41, 5.74) is 3.59. The van der Waals surface area contributed by atoms with E-state index in [0.717, 1.165) is 12.0 Å². The van der Waals surface area contributed by atoms with E-state index < -0.39 is 5.97 Å². The fraction of sp³-hybridized carbons (Fsp3) is 0.364. The van der Waals surface area contributed by atoms with Gasteiger partial charge in [-0.1, -0.05) is 54.6 Å². The van der Waals surface area contributed by atoms with Crippen LogP contribution >= 0.6 is 0 Å². The smallest absolute Gasteiger partial charge is 0.306 e. The van der Waals surface area contributed by atoms with E-state index in [4.69, 9.17) is 0 Å². The van der Waals surface area contributed by atoms with Gasteiger partial charge in [0.15, 0.2) is 0 Å². The van der Waals surface area contributed by atoms with Gasteiger partial charge >= 0.3 is 5.97 Å². The second-order valence-electron chi connectivity index (χ2n) is 7.34. The van der Waals surface area contributed by atoms with Crippen molar-refractivity contribution in [1.29, 1.82) is 0 Å². The van der Waals surface area contributed by atoms with Crippen molar-refractivity contribution in [3.8, 4) is 0 Å². The first-order chi connectivity index (χ1) is 12.6. The molecule has 0 unspecified atom stereocenters. The highest BCUT2D eigenvalue weighted by Gasteiger charge is 2.39. The molecular weight excluding hydrogens is 326 g/mol. The maximum atomic E-state index is 13.3. The number of rotatable bonds is 3. The minimum absolute atomic E-state index is 0.0856.